The number of benzene rings is 2. The lowest BCUT2D eigenvalue weighted by molar-refractivity contribution is 0.220. The molecule has 0 fully saturated rings. The lowest BCUT2D eigenvalue weighted by Gasteiger charge is -2.12. The van der Waals surface area contributed by atoms with E-state index in [4.69, 9.17) is 0 Å². The highest BCUT2D eigenvalue weighted by Gasteiger charge is 2.18. The van der Waals surface area contributed by atoms with Gasteiger partial charge in [0.05, 0.1) is 11.9 Å². The number of hydrogen-bond donors (Lipinski definition) is 2. The zero-order valence-electron chi connectivity index (χ0n) is 11.5. The van der Waals surface area contributed by atoms with Crippen LogP contribution in [-0.2, 0) is 0 Å². The van der Waals surface area contributed by atoms with E-state index in [0.29, 0.717) is 11.1 Å². The molecule has 0 amide bonds. The molecule has 0 radical (unpaired) electrons. The number of H-pyrrole nitrogens is 1. The van der Waals surface area contributed by atoms with Gasteiger partial charge in [-0.2, -0.15) is 5.10 Å². The molecular formula is C17H15FN2O. The molecule has 0 saturated carbocycles. The molecule has 21 heavy (non-hydrogen) atoms. The Morgan fingerprint density at radius 3 is 2.62 bits per heavy atom. The van der Waals surface area contributed by atoms with Crippen molar-refractivity contribution in [3.8, 4) is 11.3 Å². The highest BCUT2D eigenvalue weighted by atomic mass is 19.1. The van der Waals surface area contributed by atoms with Gasteiger partial charge in [0.2, 0.25) is 0 Å². The van der Waals surface area contributed by atoms with E-state index in [-0.39, 0.29) is 5.82 Å². The van der Waals surface area contributed by atoms with Crippen LogP contribution in [-0.4, -0.2) is 15.3 Å². The molecule has 0 aliphatic carbocycles. The summed E-state index contributed by atoms with van der Waals surface area (Å²) in [5.74, 6) is -0.353. The van der Waals surface area contributed by atoms with E-state index in [1.165, 1.54) is 12.1 Å². The Bertz CT molecular complexity index is 732. The summed E-state index contributed by atoms with van der Waals surface area (Å²) in [5, 5.41) is 17.5. The van der Waals surface area contributed by atoms with Gasteiger partial charge in [0.1, 0.15) is 11.9 Å². The highest BCUT2D eigenvalue weighted by Crippen LogP contribution is 2.30. The molecule has 1 heterocycles. The summed E-state index contributed by atoms with van der Waals surface area (Å²) in [4.78, 5) is 0. The third-order valence-electron chi connectivity index (χ3n) is 3.41. The number of aliphatic hydroxyl groups is 1. The minimum atomic E-state index is -0.923. The molecule has 1 aromatic heterocycles. The van der Waals surface area contributed by atoms with Gasteiger partial charge in [0, 0.05) is 5.56 Å². The van der Waals surface area contributed by atoms with Crippen LogP contribution < -0.4 is 0 Å². The molecule has 2 aromatic carbocycles. The smallest absolute Gasteiger partial charge is 0.123 e. The number of aromatic nitrogens is 2. The van der Waals surface area contributed by atoms with Crippen LogP contribution in [0.2, 0.25) is 0 Å². The Morgan fingerprint density at radius 2 is 1.90 bits per heavy atom. The summed E-state index contributed by atoms with van der Waals surface area (Å²) < 4.78 is 13.5. The zero-order chi connectivity index (χ0) is 14.8. The molecule has 0 spiro atoms. The number of aromatic amines is 1. The molecule has 4 heteroatoms. The van der Waals surface area contributed by atoms with Gasteiger partial charge in [-0.3, -0.25) is 5.10 Å². The predicted molar refractivity (Wildman–Crippen MR) is 79.2 cm³/mol. The maximum atomic E-state index is 13.5. The summed E-state index contributed by atoms with van der Waals surface area (Å²) in [5.41, 5.74) is 3.59. The summed E-state index contributed by atoms with van der Waals surface area (Å²) >= 11 is 0. The number of nitrogens with zero attached hydrogens (tertiary/aromatic N) is 1. The van der Waals surface area contributed by atoms with Crippen LogP contribution in [0.25, 0.3) is 11.3 Å². The summed E-state index contributed by atoms with van der Waals surface area (Å²) in [6.45, 7) is 1.80. The van der Waals surface area contributed by atoms with Gasteiger partial charge >= 0.3 is 0 Å². The van der Waals surface area contributed by atoms with E-state index in [2.05, 4.69) is 10.2 Å². The number of hydrogen-bond acceptors (Lipinski definition) is 2. The Kier molecular flexibility index (Phi) is 3.54. The van der Waals surface area contributed by atoms with Gasteiger partial charge in [-0.1, -0.05) is 36.4 Å². The number of nitrogens with one attached hydrogen (secondary N) is 1. The lowest BCUT2D eigenvalue weighted by atomic mass is 9.97. The normalized spacial score (nSPS) is 12.3. The van der Waals surface area contributed by atoms with E-state index in [1.807, 2.05) is 30.3 Å². The van der Waals surface area contributed by atoms with E-state index >= 15 is 0 Å². The van der Waals surface area contributed by atoms with Gasteiger partial charge in [-0.15, -0.1) is 0 Å². The van der Waals surface area contributed by atoms with Gasteiger partial charge in [-0.25, -0.2) is 4.39 Å². The molecule has 106 valence electrons. The number of halogens is 1. The number of aliphatic hydroxyl groups excluding tert-OH is 1. The van der Waals surface area contributed by atoms with Crippen molar-refractivity contribution < 1.29 is 9.50 Å². The second-order valence-electron chi connectivity index (χ2n) is 5.03. The number of rotatable bonds is 3. The molecule has 3 nitrogen and oxygen atoms in total. The molecule has 0 saturated heterocycles. The van der Waals surface area contributed by atoms with Crippen molar-refractivity contribution in [3.63, 3.8) is 0 Å². The first kappa shape index (κ1) is 13.5. The molecule has 1 atom stereocenters. The van der Waals surface area contributed by atoms with E-state index in [9.17, 15) is 9.50 Å². The van der Waals surface area contributed by atoms with E-state index < -0.39 is 6.10 Å². The Labute approximate surface area is 122 Å². The molecule has 0 aliphatic rings. The van der Waals surface area contributed by atoms with Gasteiger partial charge in [0.15, 0.2) is 0 Å². The second-order valence-corrected chi connectivity index (χ2v) is 5.03. The largest absolute Gasteiger partial charge is 0.384 e. The SMILES string of the molecule is Cc1cc(F)cc(C(O)c2cn[nH]c2-c2ccccc2)c1. The third kappa shape index (κ3) is 2.71. The lowest BCUT2D eigenvalue weighted by Crippen LogP contribution is -2.01. The minimum Gasteiger partial charge on any atom is -0.384 e. The molecule has 1 unspecified atom stereocenters. The summed E-state index contributed by atoms with van der Waals surface area (Å²) in [6, 6.07) is 14.2. The van der Waals surface area contributed by atoms with Crippen LogP contribution in [0.3, 0.4) is 0 Å². The van der Waals surface area contributed by atoms with Gasteiger partial charge in [-0.05, 0) is 35.7 Å². The van der Waals surface area contributed by atoms with Crippen molar-refractivity contribution in [2.45, 2.75) is 13.0 Å². The monoisotopic (exact) mass is 282 g/mol. The molecule has 2 N–H and O–H groups in total. The molecule has 3 rings (SSSR count). The fourth-order valence-corrected chi connectivity index (χ4v) is 2.44. The quantitative estimate of drug-likeness (QED) is 0.771. The van der Waals surface area contributed by atoms with E-state index in [1.54, 1.807) is 19.2 Å². The van der Waals surface area contributed by atoms with Gasteiger partial charge < -0.3 is 5.11 Å². The maximum Gasteiger partial charge on any atom is 0.123 e. The molecule has 3 aromatic rings. The summed E-state index contributed by atoms with van der Waals surface area (Å²) in [7, 11) is 0. The average molecular weight is 282 g/mol. The average Bonchev–Trinajstić information content (AvgIpc) is 2.95. The second kappa shape index (κ2) is 5.50. The Morgan fingerprint density at radius 1 is 1.14 bits per heavy atom. The zero-order valence-corrected chi connectivity index (χ0v) is 11.5. The van der Waals surface area contributed by atoms with Crippen molar-refractivity contribution >= 4 is 0 Å². The molecule has 0 bridgehead atoms. The van der Waals surface area contributed by atoms with Crippen molar-refractivity contribution in [2.24, 2.45) is 0 Å². The fraction of sp³-hybridized carbons (Fsp3) is 0.118. The first-order valence-corrected chi connectivity index (χ1v) is 6.69. The van der Waals surface area contributed by atoms with Crippen LogP contribution in [0, 0.1) is 12.7 Å². The maximum absolute atomic E-state index is 13.5. The fourth-order valence-electron chi connectivity index (χ4n) is 2.44. The van der Waals surface area contributed by atoms with Crippen molar-refractivity contribution in [1.82, 2.24) is 10.2 Å². The van der Waals surface area contributed by atoms with Crippen LogP contribution >= 0.6 is 0 Å². The molecular weight excluding hydrogens is 267 g/mol. The Balaban J connectivity index is 2.03. The standard InChI is InChI=1S/C17H15FN2O/c1-11-7-13(9-14(18)8-11)17(21)15-10-19-20-16(15)12-5-3-2-4-6-12/h2-10,17,21H,1H3,(H,19,20). The van der Waals surface area contributed by atoms with Crippen LogP contribution in [0.4, 0.5) is 4.39 Å². The third-order valence-corrected chi connectivity index (χ3v) is 3.41. The van der Waals surface area contributed by atoms with Crippen LogP contribution in [0.1, 0.15) is 22.8 Å². The van der Waals surface area contributed by atoms with Crippen LogP contribution in [0.5, 0.6) is 0 Å². The predicted octanol–water partition coefficient (Wildman–Crippen LogP) is 3.61. The minimum absolute atomic E-state index is 0.353. The summed E-state index contributed by atoms with van der Waals surface area (Å²) in [6.07, 6.45) is 0.654. The first-order valence-electron chi connectivity index (χ1n) is 6.69. The first-order chi connectivity index (χ1) is 10.1. The van der Waals surface area contributed by atoms with Gasteiger partial charge in [0.25, 0.3) is 0 Å². The highest BCUT2D eigenvalue weighted by molar-refractivity contribution is 5.63. The van der Waals surface area contributed by atoms with Crippen molar-refractivity contribution in [1.29, 1.82) is 0 Å². The molecule has 0 aliphatic heterocycles. The van der Waals surface area contributed by atoms with E-state index in [0.717, 1.165) is 16.8 Å². The van der Waals surface area contributed by atoms with Crippen LogP contribution in [0.15, 0.2) is 54.7 Å². The Hall–Kier alpha value is -2.46. The van der Waals surface area contributed by atoms with Crippen molar-refractivity contribution in [3.05, 3.63) is 77.2 Å². The number of aryl methyl sites for hydroxylation is 1. The topological polar surface area (TPSA) is 48.9 Å². The van der Waals surface area contributed by atoms with Crippen molar-refractivity contribution in [2.75, 3.05) is 0 Å².